The van der Waals surface area contributed by atoms with Gasteiger partial charge in [0.05, 0.1) is 0 Å². The molecule has 5 rings (SSSR count). The molecule has 4 saturated carbocycles. The Morgan fingerprint density at radius 2 is 1.65 bits per heavy atom. The maximum atomic E-state index is 2.62. The SMILES string of the molecule is CC(C)c1cccc(CN(C)CC23CC4CC(CC(C4)C2)C3)c1. The van der Waals surface area contributed by atoms with E-state index in [1.54, 1.807) is 19.3 Å². The first-order valence-electron chi connectivity index (χ1n) is 9.79. The van der Waals surface area contributed by atoms with Crippen LogP contribution < -0.4 is 0 Å². The van der Waals surface area contributed by atoms with E-state index >= 15 is 0 Å². The van der Waals surface area contributed by atoms with Gasteiger partial charge < -0.3 is 4.90 Å². The highest BCUT2D eigenvalue weighted by molar-refractivity contribution is 5.25. The standard InChI is InChI=1S/C22H33N/c1-16(2)21-6-4-5-17(10-21)14-23(3)15-22-11-18-7-19(12-22)9-20(8-18)13-22/h4-6,10,16,18-20H,7-9,11-15H2,1-3H3. The van der Waals surface area contributed by atoms with Gasteiger partial charge in [-0.25, -0.2) is 0 Å². The fourth-order valence-corrected chi connectivity index (χ4v) is 6.47. The molecule has 0 radical (unpaired) electrons. The summed E-state index contributed by atoms with van der Waals surface area (Å²) < 4.78 is 0. The van der Waals surface area contributed by atoms with Crippen molar-refractivity contribution in [3.8, 4) is 0 Å². The molecule has 4 bridgehead atoms. The van der Waals surface area contributed by atoms with Gasteiger partial charge in [-0.2, -0.15) is 0 Å². The van der Waals surface area contributed by atoms with Crippen molar-refractivity contribution >= 4 is 0 Å². The van der Waals surface area contributed by atoms with Crippen LogP contribution in [0.4, 0.5) is 0 Å². The molecule has 23 heavy (non-hydrogen) atoms. The second-order valence-corrected chi connectivity index (χ2v) is 9.49. The van der Waals surface area contributed by atoms with Gasteiger partial charge >= 0.3 is 0 Å². The average molecular weight is 312 g/mol. The summed E-state index contributed by atoms with van der Waals surface area (Å²) in [6.45, 7) is 7.02. The largest absolute Gasteiger partial charge is 0.302 e. The van der Waals surface area contributed by atoms with E-state index < -0.39 is 0 Å². The molecule has 126 valence electrons. The zero-order valence-electron chi connectivity index (χ0n) is 15.2. The summed E-state index contributed by atoms with van der Waals surface area (Å²) in [6, 6.07) is 9.24. The molecule has 0 heterocycles. The molecule has 4 fully saturated rings. The number of rotatable bonds is 5. The third-order valence-corrected chi connectivity index (χ3v) is 6.84. The van der Waals surface area contributed by atoms with Crippen molar-refractivity contribution in [3.63, 3.8) is 0 Å². The monoisotopic (exact) mass is 311 g/mol. The molecule has 1 heteroatoms. The minimum atomic E-state index is 0.628. The van der Waals surface area contributed by atoms with E-state index in [9.17, 15) is 0 Å². The molecule has 0 unspecified atom stereocenters. The molecule has 4 aliphatic rings. The second kappa shape index (κ2) is 5.92. The smallest absolute Gasteiger partial charge is 0.0231 e. The van der Waals surface area contributed by atoms with Crippen LogP contribution in [0.5, 0.6) is 0 Å². The maximum absolute atomic E-state index is 2.62. The normalized spacial score (nSPS) is 35.4. The number of benzene rings is 1. The minimum Gasteiger partial charge on any atom is -0.302 e. The van der Waals surface area contributed by atoms with E-state index in [1.807, 2.05) is 0 Å². The molecule has 1 aromatic rings. The molecule has 0 saturated heterocycles. The Hall–Kier alpha value is -0.820. The van der Waals surface area contributed by atoms with E-state index in [2.05, 4.69) is 50.1 Å². The van der Waals surface area contributed by atoms with Crippen molar-refractivity contribution in [1.29, 1.82) is 0 Å². The molecule has 0 aromatic heterocycles. The van der Waals surface area contributed by atoms with Crippen LogP contribution in [0.1, 0.15) is 69.4 Å². The summed E-state index contributed by atoms with van der Waals surface area (Å²) in [5.74, 6) is 3.83. The lowest BCUT2D eigenvalue weighted by Crippen LogP contribution is -2.50. The molecule has 4 aliphatic carbocycles. The van der Waals surface area contributed by atoms with Gasteiger partial charge in [0, 0.05) is 13.1 Å². The minimum absolute atomic E-state index is 0.628. The van der Waals surface area contributed by atoms with Gasteiger partial charge in [-0.1, -0.05) is 38.1 Å². The van der Waals surface area contributed by atoms with Gasteiger partial charge in [0.1, 0.15) is 0 Å². The Morgan fingerprint density at radius 1 is 1.04 bits per heavy atom. The first-order chi connectivity index (χ1) is 11.0. The topological polar surface area (TPSA) is 3.24 Å². The van der Waals surface area contributed by atoms with Crippen LogP contribution >= 0.6 is 0 Å². The summed E-state index contributed by atoms with van der Waals surface area (Å²) in [5, 5.41) is 0. The van der Waals surface area contributed by atoms with Gasteiger partial charge in [-0.3, -0.25) is 0 Å². The third kappa shape index (κ3) is 3.22. The fourth-order valence-electron chi connectivity index (χ4n) is 6.47. The van der Waals surface area contributed by atoms with Gasteiger partial charge in [-0.15, -0.1) is 0 Å². The van der Waals surface area contributed by atoms with Crippen LogP contribution in [0.2, 0.25) is 0 Å². The number of nitrogens with zero attached hydrogens (tertiary/aromatic N) is 1. The van der Waals surface area contributed by atoms with Gasteiger partial charge in [0.25, 0.3) is 0 Å². The Kier molecular flexibility index (Phi) is 4.04. The molecule has 0 amide bonds. The highest BCUT2D eigenvalue weighted by Crippen LogP contribution is 2.60. The molecule has 0 spiro atoms. The summed E-state index contributed by atoms with van der Waals surface area (Å²) in [5.41, 5.74) is 3.63. The lowest BCUT2D eigenvalue weighted by molar-refractivity contribution is -0.0670. The van der Waals surface area contributed by atoms with Crippen molar-refractivity contribution in [3.05, 3.63) is 35.4 Å². The molecule has 0 aliphatic heterocycles. The third-order valence-electron chi connectivity index (χ3n) is 6.84. The maximum Gasteiger partial charge on any atom is 0.0231 e. The number of hydrogen-bond donors (Lipinski definition) is 0. The Morgan fingerprint density at radius 3 is 2.22 bits per heavy atom. The summed E-state index contributed by atoms with van der Waals surface area (Å²) in [4.78, 5) is 2.62. The molecular formula is C22H33N. The predicted molar refractivity (Wildman–Crippen MR) is 97.5 cm³/mol. The van der Waals surface area contributed by atoms with Gasteiger partial charge in [0.2, 0.25) is 0 Å². The van der Waals surface area contributed by atoms with Crippen molar-refractivity contribution in [2.45, 2.75) is 64.8 Å². The van der Waals surface area contributed by atoms with Crippen molar-refractivity contribution in [2.75, 3.05) is 13.6 Å². The fraction of sp³-hybridized carbons (Fsp3) is 0.727. The van der Waals surface area contributed by atoms with E-state index in [-0.39, 0.29) is 0 Å². The molecule has 1 nitrogen and oxygen atoms in total. The molecule has 0 N–H and O–H groups in total. The van der Waals surface area contributed by atoms with Crippen LogP contribution in [0.15, 0.2) is 24.3 Å². The Labute approximate surface area is 142 Å². The van der Waals surface area contributed by atoms with E-state index in [0.29, 0.717) is 11.3 Å². The van der Waals surface area contributed by atoms with E-state index in [0.717, 1.165) is 24.3 Å². The van der Waals surface area contributed by atoms with Gasteiger partial charge in [-0.05, 0) is 85.8 Å². The zero-order chi connectivity index (χ0) is 16.0. The quantitative estimate of drug-likeness (QED) is 0.698. The molecule has 1 aromatic carbocycles. The van der Waals surface area contributed by atoms with Crippen LogP contribution in [0, 0.1) is 23.2 Å². The van der Waals surface area contributed by atoms with Crippen molar-refractivity contribution in [1.82, 2.24) is 4.90 Å². The summed E-state index contributed by atoms with van der Waals surface area (Å²) >= 11 is 0. The van der Waals surface area contributed by atoms with Crippen LogP contribution in [0.3, 0.4) is 0 Å². The van der Waals surface area contributed by atoms with Crippen LogP contribution in [-0.2, 0) is 6.54 Å². The highest BCUT2D eigenvalue weighted by atomic mass is 15.1. The lowest BCUT2D eigenvalue weighted by atomic mass is 9.49. The first-order valence-corrected chi connectivity index (χ1v) is 9.79. The van der Waals surface area contributed by atoms with Crippen molar-refractivity contribution < 1.29 is 0 Å². The first kappa shape index (κ1) is 15.7. The van der Waals surface area contributed by atoms with E-state index in [1.165, 1.54) is 36.9 Å². The highest BCUT2D eigenvalue weighted by Gasteiger charge is 2.50. The van der Waals surface area contributed by atoms with E-state index in [4.69, 9.17) is 0 Å². The second-order valence-electron chi connectivity index (χ2n) is 9.49. The average Bonchev–Trinajstić information content (AvgIpc) is 2.45. The van der Waals surface area contributed by atoms with Gasteiger partial charge in [0.15, 0.2) is 0 Å². The predicted octanol–water partition coefficient (Wildman–Crippen LogP) is 5.46. The van der Waals surface area contributed by atoms with Crippen LogP contribution in [0.25, 0.3) is 0 Å². The number of hydrogen-bond acceptors (Lipinski definition) is 1. The molecule has 0 atom stereocenters. The lowest BCUT2D eigenvalue weighted by Gasteiger charge is -2.57. The molecular weight excluding hydrogens is 278 g/mol. The summed E-state index contributed by atoms with van der Waals surface area (Å²) in [6.07, 6.45) is 9.23. The summed E-state index contributed by atoms with van der Waals surface area (Å²) in [7, 11) is 2.35. The Balaban J connectivity index is 1.42. The zero-order valence-corrected chi connectivity index (χ0v) is 15.2. The van der Waals surface area contributed by atoms with Crippen LogP contribution in [-0.4, -0.2) is 18.5 Å². The van der Waals surface area contributed by atoms with Crippen molar-refractivity contribution in [2.24, 2.45) is 23.2 Å². The Bertz CT molecular complexity index is 524.